The Kier molecular flexibility index (Phi) is 6.49. The molecule has 1 fully saturated rings. The average molecular weight is 440 g/mol. The average Bonchev–Trinajstić information content (AvgIpc) is 3.19. The van der Waals surface area contributed by atoms with E-state index in [1.807, 2.05) is 0 Å². The van der Waals surface area contributed by atoms with Crippen molar-refractivity contribution in [1.82, 2.24) is 5.32 Å². The largest absolute Gasteiger partial charge is 0.497 e. The Bertz CT molecular complexity index is 898. The minimum Gasteiger partial charge on any atom is -0.497 e. The lowest BCUT2D eigenvalue weighted by Crippen LogP contribution is -2.51. The second-order valence-electron chi connectivity index (χ2n) is 6.81. The third kappa shape index (κ3) is 4.48. The summed E-state index contributed by atoms with van der Waals surface area (Å²) in [6.45, 7) is 0. The van der Waals surface area contributed by atoms with Crippen LogP contribution < -0.4 is 24.4 Å². The molecule has 3 atom stereocenters. The number of nitrogens with zero attached hydrogens (tertiary/aromatic N) is 1. The fraction of sp³-hybridized carbons (Fsp3) is 0.381. The van der Waals surface area contributed by atoms with Crippen LogP contribution in [0.2, 0.25) is 0 Å². The van der Waals surface area contributed by atoms with E-state index in [1.54, 1.807) is 30.3 Å². The molecule has 0 aromatic heterocycles. The van der Waals surface area contributed by atoms with Crippen LogP contribution in [0.3, 0.4) is 0 Å². The first-order valence-corrected chi connectivity index (χ1v) is 9.29. The number of alkyl halides is 3. The number of ether oxygens (including phenoxy) is 4. The Labute approximate surface area is 177 Å². The van der Waals surface area contributed by atoms with E-state index in [9.17, 15) is 18.0 Å². The Morgan fingerprint density at radius 2 is 1.45 bits per heavy atom. The van der Waals surface area contributed by atoms with E-state index < -0.39 is 30.4 Å². The van der Waals surface area contributed by atoms with Crippen LogP contribution in [0.5, 0.6) is 17.2 Å². The van der Waals surface area contributed by atoms with Crippen molar-refractivity contribution in [3.8, 4) is 17.2 Å². The zero-order valence-electron chi connectivity index (χ0n) is 17.4. The molecule has 2 aromatic rings. The number of benzene rings is 2. The molecular formula is C21H23F3N2O5. The van der Waals surface area contributed by atoms with Crippen LogP contribution in [0.4, 0.5) is 18.9 Å². The second-order valence-corrected chi connectivity index (χ2v) is 6.81. The van der Waals surface area contributed by atoms with Gasteiger partial charge in [0.05, 0.1) is 28.4 Å². The fourth-order valence-electron chi connectivity index (χ4n) is 3.64. The van der Waals surface area contributed by atoms with E-state index in [0.717, 1.165) is 12.0 Å². The predicted molar refractivity (Wildman–Crippen MR) is 107 cm³/mol. The van der Waals surface area contributed by atoms with Gasteiger partial charge in [-0.1, -0.05) is 0 Å². The van der Waals surface area contributed by atoms with Crippen molar-refractivity contribution in [2.45, 2.75) is 24.4 Å². The summed E-state index contributed by atoms with van der Waals surface area (Å²) in [5, 5.41) is 2.78. The van der Waals surface area contributed by atoms with Crippen molar-refractivity contribution in [3.63, 3.8) is 0 Å². The number of esters is 1. The van der Waals surface area contributed by atoms with Gasteiger partial charge in [-0.05, 0) is 42.0 Å². The normalized spacial score (nSPS) is 21.0. The minimum atomic E-state index is -4.73. The van der Waals surface area contributed by atoms with E-state index >= 15 is 0 Å². The Morgan fingerprint density at radius 1 is 0.903 bits per heavy atom. The molecule has 3 rings (SSSR count). The molecule has 31 heavy (non-hydrogen) atoms. The van der Waals surface area contributed by atoms with Crippen LogP contribution in [-0.4, -0.2) is 52.7 Å². The lowest BCUT2D eigenvalue weighted by Gasteiger charge is -2.33. The summed E-state index contributed by atoms with van der Waals surface area (Å²) in [4.78, 5) is 13.4. The molecule has 1 aliphatic rings. The van der Waals surface area contributed by atoms with Gasteiger partial charge in [-0.2, -0.15) is 13.2 Å². The molecule has 10 heteroatoms. The molecule has 0 spiro atoms. The number of nitrogens with one attached hydrogen (secondary N) is 1. The molecule has 0 saturated carbocycles. The highest BCUT2D eigenvalue weighted by atomic mass is 19.4. The van der Waals surface area contributed by atoms with E-state index in [-0.39, 0.29) is 5.69 Å². The van der Waals surface area contributed by atoms with Crippen molar-refractivity contribution in [2.75, 3.05) is 33.3 Å². The summed E-state index contributed by atoms with van der Waals surface area (Å²) >= 11 is 0. The van der Waals surface area contributed by atoms with E-state index in [1.165, 1.54) is 33.5 Å². The van der Waals surface area contributed by atoms with E-state index in [0.29, 0.717) is 22.8 Å². The van der Waals surface area contributed by atoms with Crippen LogP contribution in [0.25, 0.3) is 0 Å². The second kappa shape index (κ2) is 8.93. The van der Waals surface area contributed by atoms with Gasteiger partial charge < -0.3 is 23.8 Å². The first-order chi connectivity index (χ1) is 14.7. The van der Waals surface area contributed by atoms with E-state index in [2.05, 4.69) is 10.1 Å². The van der Waals surface area contributed by atoms with Crippen LogP contribution >= 0.6 is 0 Å². The number of rotatable bonds is 6. The quantitative estimate of drug-likeness (QED) is 0.692. The van der Waals surface area contributed by atoms with Gasteiger partial charge >= 0.3 is 12.1 Å². The first kappa shape index (κ1) is 22.5. The SMILES string of the molecule is COC(=O)[C@@H]1N[C@@H](c2cc(OC)cc(OC)c2)N(c2ccc(OC)cc2)[C@H]1C(F)(F)F. The highest BCUT2D eigenvalue weighted by molar-refractivity contribution is 5.79. The molecule has 7 nitrogen and oxygen atoms in total. The zero-order valence-corrected chi connectivity index (χ0v) is 17.4. The highest BCUT2D eigenvalue weighted by Crippen LogP contribution is 2.43. The van der Waals surface area contributed by atoms with Gasteiger partial charge in [0.2, 0.25) is 0 Å². The lowest BCUT2D eigenvalue weighted by molar-refractivity contribution is -0.164. The topological polar surface area (TPSA) is 69.3 Å². The molecule has 168 valence electrons. The minimum absolute atomic E-state index is 0.244. The highest BCUT2D eigenvalue weighted by Gasteiger charge is 2.58. The first-order valence-electron chi connectivity index (χ1n) is 9.29. The van der Waals surface area contributed by atoms with Gasteiger partial charge in [0.25, 0.3) is 0 Å². The van der Waals surface area contributed by atoms with Crippen molar-refractivity contribution in [1.29, 1.82) is 0 Å². The summed E-state index contributed by atoms with van der Waals surface area (Å²) in [6, 6.07) is 7.08. The number of carbonyl (C=O) groups is 1. The molecule has 1 heterocycles. The molecule has 0 bridgehead atoms. The molecule has 1 saturated heterocycles. The standard InChI is InChI=1S/C21H23F3N2O5/c1-28-14-7-5-13(6-8-14)26-18(21(22,23)24)17(20(27)31-4)25-19(26)12-9-15(29-2)11-16(10-12)30-3/h5-11,17-19,25H,1-4H3/t17-,18-,19-/m1/s1. The van der Waals surface area contributed by atoms with Gasteiger partial charge in [-0.15, -0.1) is 0 Å². The number of hydrogen-bond acceptors (Lipinski definition) is 7. The van der Waals surface area contributed by atoms with Crippen molar-refractivity contribution >= 4 is 11.7 Å². The van der Waals surface area contributed by atoms with E-state index in [4.69, 9.17) is 14.2 Å². The van der Waals surface area contributed by atoms with Gasteiger partial charge in [0.15, 0.2) is 6.04 Å². The summed E-state index contributed by atoms with van der Waals surface area (Å²) < 4.78 is 62.9. The maximum atomic E-state index is 14.2. The summed E-state index contributed by atoms with van der Waals surface area (Å²) in [5.74, 6) is 0.272. The summed E-state index contributed by atoms with van der Waals surface area (Å²) in [7, 11) is 5.40. The molecule has 0 amide bonds. The number of carbonyl (C=O) groups excluding carboxylic acids is 1. The molecule has 0 radical (unpaired) electrons. The Balaban J connectivity index is 2.18. The third-order valence-electron chi connectivity index (χ3n) is 5.08. The summed E-state index contributed by atoms with van der Waals surface area (Å²) in [6.07, 6.45) is -5.75. The molecule has 1 aliphatic heterocycles. The Morgan fingerprint density at radius 3 is 1.90 bits per heavy atom. The van der Waals surface area contributed by atoms with Crippen molar-refractivity contribution < 1.29 is 36.9 Å². The van der Waals surface area contributed by atoms with Gasteiger partial charge in [-0.3, -0.25) is 10.1 Å². The van der Waals surface area contributed by atoms with Crippen molar-refractivity contribution in [2.24, 2.45) is 0 Å². The maximum absolute atomic E-state index is 14.2. The number of methoxy groups -OCH3 is 4. The molecule has 0 unspecified atom stereocenters. The number of anilines is 1. The molecular weight excluding hydrogens is 417 g/mol. The van der Waals surface area contributed by atoms with Gasteiger partial charge in [-0.25, -0.2) is 0 Å². The monoisotopic (exact) mass is 440 g/mol. The molecule has 0 aliphatic carbocycles. The molecule has 1 N–H and O–H groups in total. The number of hydrogen-bond donors (Lipinski definition) is 1. The van der Waals surface area contributed by atoms with Gasteiger partial charge in [0.1, 0.15) is 29.5 Å². The van der Waals surface area contributed by atoms with Crippen LogP contribution in [-0.2, 0) is 9.53 Å². The Hall–Kier alpha value is -3.14. The van der Waals surface area contributed by atoms with Crippen molar-refractivity contribution in [3.05, 3.63) is 48.0 Å². The van der Waals surface area contributed by atoms with Crippen LogP contribution in [0.1, 0.15) is 11.7 Å². The lowest BCUT2D eigenvalue weighted by atomic mass is 10.1. The fourth-order valence-corrected chi connectivity index (χ4v) is 3.64. The smallest absolute Gasteiger partial charge is 0.410 e. The predicted octanol–water partition coefficient (Wildman–Crippen LogP) is 3.29. The third-order valence-corrected chi connectivity index (χ3v) is 5.08. The van der Waals surface area contributed by atoms with Crippen LogP contribution in [0, 0.1) is 0 Å². The maximum Gasteiger partial charge on any atom is 0.410 e. The van der Waals surface area contributed by atoms with Gasteiger partial charge in [0, 0.05) is 11.8 Å². The summed E-state index contributed by atoms with van der Waals surface area (Å²) in [5.41, 5.74) is 0.668. The molecule has 2 aromatic carbocycles. The van der Waals surface area contributed by atoms with Crippen LogP contribution in [0.15, 0.2) is 42.5 Å². The number of halogens is 3. The zero-order chi connectivity index (χ0) is 22.8.